The number of pyridine rings is 1. The summed E-state index contributed by atoms with van der Waals surface area (Å²) in [6, 6.07) is 5.44. The van der Waals surface area contributed by atoms with E-state index in [0.29, 0.717) is 18.0 Å². The lowest BCUT2D eigenvalue weighted by Crippen LogP contribution is -2.17. The molecule has 1 heterocycles. The van der Waals surface area contributed by atoms with Gasteiger partial charge in [0.2, 0.25) is 0 Å². The predicted octanol–water partition coefficient (Wildman–Crippen LogP) is 2.31. The zero-order chi connectivity index (χ0) is 16.1. The van der Waals surface area contributed by atoms with Gasteiger partial charge in [-0.05, 0) is 45.3 Å². The summed E-state index contributed by atoms with van der Waals surface area (Å²) in [7, 11) is 5.60. The molecular formula is C16H21N3O3. The van der Waals surface area contributed by atoms with Gasteiger partial charge in [-0.2, -0.15) is 0 Å². The maximum atomic E-state index is 11.4. The molecule has 6 heteroatoms. The summed E-state index contributed by atoms with van der Waals surface area (Å²) in [6.07, 6.45) is 2.31. The molecule has 2 rings (SSSR count). The average molecular weight is 303 g/mol. The fourth-order valence-electron chi connectivity index (χ4n) is 2.26. The van der Waals surface area contributed by atoms with Crippen molar-refractivity contribution in [2.75, 3.05) is 39.6 Å². The molecule has 0 bridgehead atoms. The highest BCUT2D eigenvalue weighted by Crippen LogP contribution is 2.29. The van der Waals surface area contributed by atoms with Crippen LogP contribution in [-0.4, -0.2) is 55.3 Å². The molecule has 0 aliphatic heterocycles. The van der Waals surface area contributed by atoms with Crippen molar-refractivity contribution >= 4 is 22.6 Å². The Morgan fingerprint density at radius 3 is 2.82 bits per heavy atom. The van der Waals surface area contributed by atoms with E-state index in [-0.39, 0.29) is 5.56 Å². The first-order valence-electron chi connectivity index (χ1n) is 7.11. The summed E-state index contributed by atoms with van der Waals surface area (Å²) >= 11 is 0. The normalized spacial score (nSPS) is 10.9. The second kappa shape index (κ2) is 7.09. The molecule has 2 N–H and O–H groups in total. The molecule has 0 saturated heterocycles. The molecule has 0 amide bonds. The Bertz CT molecular complexity index is 671. The summed E-state index contributed by atoms with van der Waals surface area (Å²) in [5, 5.41) is 13.4. The Morgan fingerprint density at radius 2 is 2.18 bits per heavy atom. The summed E-state index contributed by atoms with van der Waals surface area (Å²) in [5.41, 5.74) is 1.50. The van der Waals surface area contributed by atoms with Crippen molar-refractivity contribution in [1.29, 1.82) is 0 Å². The van der Waals surface area contributed by atoms with Crippen LogP contribution in [0.2, 0.25) is 0 Å². The van der Waals surface area contributed by atoms with Crippen molar-refractivity contribution in [3.63, 3.8) is 0 Å². The lowest BCUT2D eigenvalue weighted by Gasteiger charge is -2.14. The summed E-state index contributed by atoms with van der Waals surface area (Å²) in [4.78, 5) is 17.7. The minimum atomic E-state index is -0.993. The number of methoxy groups -OCH3 is 1. The molecule has 2 aromatic rings. The first-order chi connectivity index (χ1) is 10.5. The molecule has 1 aromatic heterocycles. The van der Waals surface area contributed by atoms with Gasteiger partial charge in [-0.25, -0.2) is 4.79 Å². The third kappa shape index (κ3) is 3.65. The van der Waals surface area contributed by atoms with Gasteiger partial charge in [0, 0.05) is 18.1 Å². The van der Waals surface area contributed by atoms with E-state index in [4.69, 9.17) is 4.74 Å². The van der Waals surface area contributed by atoms with Crippen molar-refractivity contribution in [2.45, 2.75) is 6.42 Å². The molecule has 118 valence electrons. The van der Waals surface area contributed by atoms with Crippen LogP contribution in [0.25, 0.3) is 10.9 Å². The summed E-state index contributed by atoms with van der Waals surface area (Å²) in [5.74, 6) is -0.319. The van der Waals surface area contributed by atoms with Crippen molar-refractivity contribution in [3.05, 3.63) is 30.0 Å². The van der Waals surface area contributed by atoms with Crippen LogP contribution in [0.15, 0.2) is 24.4 Å². The first-order valence-corrected chi connectivity index (χ1v) is 7.11. The third-order valence-electron chi connectivity index (χ3n) is 3.39. The number of anilines is 1. The summed E-state index contributed by atoms with van der Waals surface area (Å²) in [6.45, 7) is 1.62. The second-order valence-electron chi connectivity index (χ2n) is 5.32. The zero-order valence-corrected chi connectivity index (χ0v) is 13.1. The molecule has 0 radical (unpaired) electrons. The minimum Gasteiger partial charge on any atom is -0.497 e. The quantitative estimate of drug-likeness (QED) is 0.765. The maximum absolute atomic E-state index is 11.4. The summed E-state index contributed by atoms with van der Waals surface area (Å²) < 4.78 is 5.23. The van der Waals surface area contributed by atoms with Gasteiger partial charge in [0.05, 0.1) is 18.3 Å². The molecule has 0 saturated carbocycles. The van der Waals surface area contributed by atoms with Crippen LogP contribution < -0.4 is 10.1 Å². The van der Waals surface area contributed by atoms with Crippen molar-refractivity contribution in [3.8, 4) is 5.75 Å². The highest BCUT2D eigenvalue weighted by Gasteiger charge is 2.15. The van der Waals surface area contributed by atoms with E-state index in [9.17, 15) is 9.90 Å². The van der Waals surface area contributed by atoms with Crippen molar-refractivity contribution in [2.24, 2.45) is 0 Å². The molecular weight excluding hydrogens is 282 g/mol. The van der Waals surface area contributed by atoms with E-state index >= 15 is 0 Å². The van der Waals surface area contributed by atoms with Gasteiger partial charge in [0.1, 0.15) is 11.3 Å². The monoisotopic (exact) mass is 303 g/mol. The fraction of sp³-hybridized carbons (Fsp3) is 0.375. The molecule has 22 heavy (non-hydrogen) atoms. The fourth-order valence-corrected chi connectivity index (χ4v) is 2.26. The SMILES string of the molecule is COc1ccc2ncc(C(=O)O)c(NCCCN(C)C)c2c1. The van der Waals surface area contributed by atoms with Gasteiger partial charge in [0.25, 0.3) is 0 Å². The number of carbonyl (C=O) groups is 1. The Labute approximate surface area is 129 Å². The average Bonchev–Trinajstić information content (AvgIpc) is 2.50. The second-order valence-corrected chi connectivity index (χ2v) is 5.32. The minimum absolute atomic E-state index is 0.172. The lowest BCUT2D eigenvalue weighted by atomic mass is 10.1. The Hall–Kier alpha value is -2.34. The van der Waals surface area contributed by atoms with E-state index in [1.807, 2.05) is 32.3 Å². The predicted molar refractivity (Wildman–Crippen MR) is 86.9 cm³/mol. The number of hydrogen-bond acceptors (Lipinski definition) is 5. The number of carboxylic acid groups (broad SMARTS) is 1. The van der Waals surface area contributed by atoms with Gasteiger partial charge >= 0.3 is 5.97 Å². The first kappa shape index (κ1) is 16.0. The van der Waals surface area contributed by atoms with Gasteiger partial charge in [-0.15, -0.1) is 0 Å². The van der Waals surface area contributed by atoms with E-state index in [0.717, 1.165) is 23.9 Å². The van der Waals surface area contributed by atoms with Crippen LogP contribution in [-0.2, 0) is 0 Å². The smallest absolute Gasteiger partial charge is 0.339 e. The van der Waals surface area contributed by atoms with Crippen LogP contribution >= 0.6 is 0 Å². The largest absolute Gasteiger partial charge is 0.497 e. The van der Waals surface area contributed by atoms with Gasteiger partial charge < -0.3 is 20.1 Å². The standard InChI is InChI=1S/C16H21N3O3/c1-19(2)8-4-7-17-15-12-9-11(22-3)5-6-14(12)18-10-13(15)16(20)21/h5-6,9-10H,4,7-8H2,1-3H3,(H,17,18)(H,20,21). The van der Waals surface area contributed by atoms with E-state index in [1.54, 1.807) is 7.11 Å². The Kier molecular flexibility index (Phi) is 5.16. The van der Waals surface area contributed by atoms with Gasteiger partial charge in [0.15, 0.2) is 0 Å². The molecule has 1 aromatic carbocycles. The number of nitrogens with one attached hydrogen (secondary N) is 1. The molecule has 0 fully saturated rings. The lowest BCUT2D eigenvalue weighted by molar-refractivity contribution is 0.0697. The van der Waals surface area contributed by atoms with E-state index < -0.39 is 5.97 Å². The van der Waals surface area contributed by atoms with Crippen LogP contribution in [0.1, 0.15) is 16.8 Å². The maximum Gasteiger partial charge on any atom is 0.339 e. The number of aromatic nitrogens is 1. The van der Waals surface area contributed by atoms with Crippen LogP contribution in [0.3, 0.4) is 0 Å². The number of nitrogens with zero attached hydrogens (tertiary/aromatic N) is 2. The zero-order valence-electron chi connectivity index (χ0n) is 13.1. The van der Waals surface area contributed by atoms with Crippen LogP contribution in [0, 0.1) is 0 Å². The number of carboxylic acids is 1. The van der Waals surface area contributed by atoms with Crippen molar-refractivity contribution < 1.29 is 14.6 Å². The molecule has 0 spiro atoms. The highest BCUT2D eigenvalue weighted by molar-refractivity contribution is 6.04. The molecule has 6 nitrogen and oxygen atoms in total. The van der Waals surface area contributed by atoms with Gasteiger partial charge in [-0.1, -0.05) is 0 Å². The van der Waals surface area contributed by atoms with E-state index in [1.165, 1.54) is 6.20 Å². The molecule has 0 unspecified atom stereocenters. The highest BCUT2D eigenvalue weighted by atomic mass is 16.5. The van der Waals surface area contributed by atoms with Crippen LogP contribution in [0.5, 0.6) is 5.75 Å². The number of ether oxygens (including phenoxy) is 1. The van der Waals surface area contributed by atoms with Gasteiger partial charge in [-0.3, -0.25) is 4.98 Å². The van der Waals surface area contributed by atoms with Crippen molar-refractivity contribution in [1.82, 2.24) is 9.88 Å². The Balaban J connectivity index is 2.37. The number of aromatic carboxylic acids is 1. The van der Waals surface area contributed by atoms with Crippen LogP contribution in [0.4, 0.5) is 5.69 Å². The Morgan fingerprint density at radius 1 is 1.41 bits per heavy atom. The molecule has 0 atom stereocenters. The number of hydrogen-bond donors (Lipinski definition) is 2. The van der Waals surface area contributed by atoms with E-state index in [2.05, 4.69) is 15.2 Å². The number of fused-ring (bicyclic) bond motifs is 1. The topological polar surface area (TPSA) is 74.7 Å². The third-order valence-corrected chi connectivity index (χ3v) is 3.39. The molecule has 0 aliphatic carbocycles. The number of rotatable bonds is 7. The molecule has 0 aliphatic rings. The number of benzene rings is 1.